The molecular weight excluding hydrogens is 246 g/mol. The average molecular weight is 267 g/mol. The fraction of sp³-hybridized carbons (Fsp3) is 0.571. The molecule has 100 valence electrons. The molecule has 4 heteroatoms. The second-order valence-corrected chi connectivity index (χ2v) is 7.43. The van der Waals surface area contributed by atoms with Crippen molar-refractivity contribution in [2.75, 3.05) is 5.75 Å². The standard InChI is InChI=1S/C14H21NO2S/c15-13(10-9-12-6-2-1-3-7-12)14-8-4-5-11-18(14,16)17/h1-3,6-7,13-14H,4-5,8-11,15H2. The highest BCUT2D eigenvalue weighted by atomic mass is 32.2. The second-order valence-electron chi connectivity index (χ2n) is 5.09. The van der Waals surface area contributed by atoms with Gasteiger partial charge in [0.25, 0.3) is 0 Å². The smallest absolute Gasteiger partial charge is 0.154 e. The van der Waals surface area contributed by atoms with E-state index in [9.17, 15) is 8.42 Å². The molecule has 0 amide bonds. The van der Waals surface area contributed by atoms with Gasteiger partial charge in [-0.3, -0.25) is 0 Å². The predicted molar refractivity (Wildman–Crippen MR) is 74.2 cm³/mol. The van der Waals surface area contributed by atoms with Crippen molar-refractivity contribution in [2.24, 2.45) is 5.73 Å². The Hall–Kier alpha value is -0.870. The third-order valence-corrected chi connectivity index (χ3v) is 6.08. The Morgan fingerprint density at radius 2 is 1.94 bits per heavy atom. The third-order valence-electron chi connectivity index (χ3n) is 3.72. The van der Waals surface area contributed by atoms with Gasteiger partial charge < -0.3 is 5.73 Å². The van der Waals surface area contributed by atoms with Crippen molar-refractivity contribution in [1.29, 1.82) is 0 Å². The molecule has 1 saturated heterocycles. The van der Waals surface area contributed by atoms with Crippen LogP contribution in [0.25, 0.3) is 0 Å². The lowest BCUT2D eigenvalue weighted by molar-refractivity contribution is 0.481. The van der Waals surface area contributed by atoms with Gasteiger partial charge in [-0.1, -0.05) is 36.8 Å². The highest BCUT2D eigenvalue weighted by Gasteiger charge is 2.33. The zero-order valence-electron chi connectivity index (χ0n) is 10.6. The molecule has 1 heterocycles. The van der Waals surface area contributed by atoms with Crippen molar-refractivity contribution in [3.8, 4) is 0 Å². The van der Waals surface area contributed by atoms with Crippen LogP contribution in [-0.4, -0.2) is 25.5 Å². The number of rotatable bonds is 4. The van der Waals surface area contributed by atoms with Crippen LogP contribution in [0.15, 0.2) is 30.3 Å². The van der Waals surface area contributed by atoms with E-state index in [1.165, 1.54) is 5.56 Å². The summed E-state index contributed by atoms with van der Waals surface area (Å²) in [5.74, 6) is 0.316. The summed E-state index contributed by atoms with van der Waals surface area (Å²) in [6.07, 6.45) is 4.12. The molecule has 1 aromatic rings. The van der Waals surface area contributed by atoms with Crippen LogP contribution in [0.2, 0.25) is 0 Å². The minimum atomic E-state index is -2.95. The predicted octanol–water partition coefficient (Wildman–Crippen LogP) is 1.91. The van der Waals surface area contributed by atoms with E-state index in [2.05, 4.69) is 12.1 Å². The van der Waals surface area contributed by atoms with Gasteiger partial charge in [0.15, 0.2) is 9.84 Å². The Kier molecular flexibility index (Phi) is 4.40. The van der Waals surface area contributed by atoms with Crippen molar-refractivity contribution in [3.05, 3.63) is 35.9 Å². The lowest BCUT2D eigenvalue weighted by atomic mass is 10.0. The number of hydrogen-bond acceptors (Lipinski definition) is 3. The van der Waals surface area contributed by atoms with Crippen molar-refractivity contribution >= 4 is 9.84 Å². The quantitative estimate of drug-likeness (QED) is 0.906. The minimum Gasteiger partial charge on any atom is -0.327 e. The van der Waals surface area contributed by atoms with E-state index in [-0.39, 0.29) is 11.3 Å². The first kappa shape index (κ1) is 13.6. The molecule has 3 nitrogen and oxygen atoms in total. The van der Waals surface area contributed by atoms with Crippen molar-refractivity contribution in [3.63, 3.8) is 0 Å². The molecule has 0 bridgehead atoms. The number of sulfone groups is 1. The van der Waals surface area contributed by atoms with E-state index in [1.54, 1.807) is 0 Å². The van der Waals surface area contributed by atoms with Crippen molar-refractivity contribution in [2.45, 2.75) is 43.4 Å². The summed E-state index contributed by atoms with van der Waals surface area (Å²) in [6, 6.07) is 9.87. The third kappa shape index (κ3) is 3.33. The Bertz CT molecular complexity index is 470. The first-order valence-electron chi connectivity index (χ1n) is 6.61. The lowest BCUT2D eigenvalue weighted by Crippen LogP contribution is -2.43. The highest BCUT2D eigenvalue weighted by molar-refractivity contribution is 7.92. The summed E-state index contributed by atoms with van der Waals surface area (Å²) < 4.78 is 23.9. The Morgan fingerprint density at radius 3 is 2.61 bits per heavy atom. The SMILES string of the molecule is NC(CCc1ccccc1)C1CCCCS1(=O)=O. The first-order chi connectivity index (χ1) is 8.59. The van der Waals surface area contributed by atoms with Crippen LogP contribution in [0.3, 0.4) is 0 Å². The van der Waals surface area contributed by atoms with Gasteiger partial charge in [-0.2, -0.15) is 0 Å². The molecule has 2 rings (SSSR count). The number of nitrogens with two attached hydrogens (primary N) is 1. The molecular formula is C14H21NO2S. The molecule has 18 heavy (non-hydrogen) atoms. The fourth-order valence-electron chi connectivity index (χ4n) is 2.62. The zero-order chi connectivity index (χ0) is 13.0. The summed E-state index contributed by atoms with van der Waals surface area (Å²) >= 11 is 0. The van der Waals surface area contributed by atoms with Crippen LogP contribution < -0.4 is 5.73 Å². The van der Waals surface area contributed by atoms with E-state index in [0.29, 0.717) is 5.75 Å². The normalized spacial score (nSPS) is 24.6. The monoisotopic (exact) mass is 267 g/mol. The summed E-state index contributed by atoms with van der Waals surface area (Å²) in [5.41, 5.74) is 7.32. The molecule has 2 unspecified atom stereocenters. The molecule has 1 fully saturated rings. The van der Waals surface area contributed by atoms with Crippen LogP contribution >= 0.6 is 0 Å². The fourth-order valence-corrected chi connectivity index (χ4v) is 4.73. The first-order valence-corrected chi connectivity index (χ1v) is 8.32. The molecule has 0 aliphatic carbocycles. The van der Waals surface area contributed by atoms with Gasteiger partial charge in [0.2, 0.25) is 0 Å². The zero-order valence-corrected chi connectivity index (χ0v) is 11.4. The van der Waals surface area contributed by atoms with E-state index in [0.717, 1.165) is 32.1 Å². The van der Waals surface area contributed by atoms with Crippen LogP contribution in [0.4, 0.5) is 0 Å². The van der Waals surface area contributed by atoms with Gasteiger partial charge >= 0.3 is 0 Å². The maximum absolute atomic E-state index is 12.0. The molecule has 2 N–H and O–H groups in total. The molecule has 2 atom stereocenters. The topological polar surface area (TPSA) is 60.2 Å². The van der Waals surface area contributed by atoms with E-state index < -0.39 is 9.84 Å². The largest absolute Gasteiger partial charge is 0.327 e. The van der Waals surface area contributed by atoms with E-state index in [1.807, 2.05) is 18.2 Å². The van der Waals surface area contributed by atoms with Gasteiger partial charge in [-0.15, -0.1) is 0 Å². The molecule has 0 radical (unpaired) electrons. The molecule has 1 aromatic carbocycles. The van der Waals surface area contributed by atoms with Gasteiger partial charge in [-0.05, 0) is 31.2 Å². The minimum absolute atomic E-state index is 0.226. The molecule has 1 aliphatic rings. The Morgan fingerprint density at radius 1 is 1.22 bits per heavy atom. The van der Waals surface area contributed by atoms with Crippen molar-refractivity contribution in [1.82, 2.24) is 0 Å². The van der Waals surface area contributed by atoms with Crippen LogP contribution in [-0.2, 0) is 16.3 Å². The van der Waals surface area contributed by atoms with Crippen LogP contribution in [0.1, 0.15) is 31.2 Å². The Balaban J connectivity index is 1.93. The molecule has 1 aliphatic heterocycles. The van der Waals surface area contributed by atoms with Crippen molar-refractivity contribution < 1.29 is 8.42 Å². The molecule has 0 aromatic heterocycles. The maximum atomic E-state index is 12.0. The van der Waals surface area contributed by atoms with E-state index >= 15 is 0 Å². The summed E-state index contributed by atoms with van der Waals surface area (Å²) in [4.78, 5) is 0. The maximum Gasteiger partial charge on any atom is 0.154 e. The average Bonchev–Trinajstić information content (AvgIpc) is 2.37. The number of hydrogen-bond donors (Lipinski definition) is 1. The van der Waals surface area contributed by atoms with Crippen LogP contribution in [0, 0.1) is 0 Å². The molecule has 0 spiro atoms. The van der Waals surface area contributed by atoms with E-state index in [4.69, 9.17) is 5.73 Å². The second kappa shape index (κ2) is 5.85. The van der Waals surface area contributed by atoms with Gasteiger partial charge in [0, 0.05) is 6.04 Å². The van der Waals surface area contributed by atoms with Gasteiger partial charge in [0.05, 0.1) is 11.0 Å². The van der Waals surface area contributed by atoms with Gasteiger partial charge in [0.1, 0.15) is 0 Å². The highest BCUT2D eigenvalue weighted by Crippen LogP contribution is 2.23. The van der Waals surface area contributed by atoms with Crippen LogP contribution in [0.5, 0.6) is 0 Å². The molecule has 0 saturated carbocycles. The summed E-state index contributed by atoms with van der Waals surface area (Å²) in [5, 5.41) is -0.324. The Labute approximate surface area is 109 Å². The van der Waals surface area contributed by atoms with Gasteiger partial charge in [-0.25, -0.2) is 8.42 Å². The number of aryl methyl sites for hydroxylation is 1. The lowest BCUT2D eigenvalue weighted by Gasteiger charge is -2.27. The number of benzene rings is 1. The summed E-state index contributed by atoms with van der Waals surface area (Å²) in [7, 11) is -2.95. The summed E-state index contributed by atoms with van der Waals surface area (Å²) in [6.45, 7) is 0.